The van der Waals surface area contributed by atoms with Gasteiger partial charge in [-0.2, -0.15) is 8.61 Å². The number of rotatable bonds is 5. The van der Waals surface area contributed by atoms with Crippen LogP contribution in [0.5, 0.6) is 0 Å². The van der Waals surface area contributed by atoms with E-state index in [1.54, 1.807) is 13.8 Å². The topological polar surface area (TPSA) is 104 Å². The molecule has 1 aromatic carbocycles. The van der Waals surface area contributed by atoms with Gasteiger partial charge in [0.2, 0.25) is 26.0 Å². The molecular weight excluding hydrogens is 402 g/mol. The van der Waals surface area contributed by atoms with Crippen molar-refractivity contribution in [2.24, 2.45) is 5.92 Å². The third-order valence-corrected chi connectivity index (χ3v) is 9.03. The summed E-state index contributed by atoms with van der Waals surface area (Å²) in [6.45, 7) is 5.01. The molecule has 2 fully saturated rings. The Morgan fingerprint density at radius 2 is 1.43 bits per heavy atom. The maximum atomic E-state index is 13.1. The zero-order valence-corrected chi connectivity index (χ0v) is 17.8. The summed E-state index contributed by atoms with van der Waals surface area (Å²) in [5, 5.41) is 2.70. The molecule has 8 nitrogen and oxygen atoms in total. The average molecular weight is 430 g/mol. The van der Waals surface area contributed by atoms with Gasteiger partial charge in [0.25, 0.3) is 0 Å². The first-order chi connectivity index (χ1) is 13.2. The lowest BCUT2D eigenvalue weighted by atomic mass is 10.0. The normalized spacial score (nSPS) is 23.0. The number of carbonyl (C=O) groups is 1. The van der Waals surface area contributed by atoms with Crippen LogP contribution in [0, 0.1) is 5.92 Å². The first kappa shape index (κ1) is 21.2. The van der Waals surface area contributed by atoms with Crippen molar-refractivity contribution in [3.63, 3.8) is 0 Å². The molecule has 3 rings (SSSR count). The Hall–Kier alpha value is -1.49. The molecule has 10 heteroatoms. The van der Waals surface area contributed by atoms with Crippen molar-refractivity contribution in [1.82, 2.24) is 13.9 Å². The molecule has 0 radical (unpaired) electrons. The second-order valence-corrected chi connectivity index (χ2v) is 11.4. The number of carbonyl (C=O) groups excluding carboxylic acids is 1. The van der Waals surface area contributed by atoms with E-state index in [2.05, 4.69) is 5.32 Å². The van der Waals surface area contributed by atoms with Crippen LogP contribution in [-0.2, 0) is 24.8 Å². The van der Waals surface area contributed by atoms with Crippen LogP contribution in [0.15, 0.2) is 34.1 Å². The average Bonchev–Trinajstić information content (AvgIpc) is 2.68. The van der Waals surface area contributed by atoms with Gasteiger partial charge in [-0.05, 0) is 43.0 Å². The summed E-state index contributed by atoms with van der Waals surface area (Å²) in [4.78, 5) is 12.3. The molecule has 1 aromatic rings. The Morgan fingerprint density at radius 3 is 1.96 bits per heavy atom. The van der Waals surface area contributed by atoms with E-state index in [1.165, 1.54) is 32.9 Å². The largest absolute Gasteiger partial charge is 0.353 e. The Bertz CT molecular complexity index is 920. The van der Waals surface area contributed by atoms with Gasteiger partial charge >= 0.3 is 0 Å². The first-order valence-corrected chi connectivity index (χ1v) is 12.4. The molecule has 2 aliphatic heterocycles. The summed E-state index contributed by atoms with van der Waals surface area (Å²) in [5.41, 5.74) is 0. The lowest BCUT2D eigenvalue weighted by molar-refractivity contribution is -0.128. The van der Waals surface area contributed by atoms with Crippen molar-refractivity contribution in [2.45, 2.75) is 48.9 Å². The van der Waals surface area contributed by atoms with Crippen LogP contribution in [0.3, 0.4) is 0 Å². The van der Waals surface area contributed by atoms with Crippen molar-refractivity contribution in [3.8, 4) is 0 Å². The maximum Gasteiger partial charge on any atom is 0.243 e. The first-order valence-electron chi connectivity index (χ1n) is 9.55. The van der Waals surface area contributed by atoms with Gasteiger partial charge < -0.3 is 5.32 Å². The molecule has 2 heterocycles. The van der Waals surface area contributed by atoms with E-state index in [4.69, 9.17) is 0 Å². The van der Waals surface area contributed by atoms with Crippen molar-refractivity contribution in [1.29, 1.82) is 0 Å². The molecule has 28 heavy (non-hydrogen) atoms. The van der Waals surface area contributed by atoms with Crippen LogP contribution >= 0.6 is 0 Å². The molecule has 156 valence electrons. The predicted molar refractivity (Wildman–Crippen MR) is 105 cm³/mol. The summed E-state index contributed by atoms with van der Waals surface area (Å²) in [6, 6.07) is 4.53. The van der Waals surface area contributed by atoms with Crippen LogP contribution < -0.4 is 5.32 Å². The van der Waals surface area contributed by atoms with E-state index in [0.717, 1.165) is 19.3 Å². The number of hydrogen-bond donors (Lipinski definition) is 1. The molecule has 1 unspecified atom stereocenters. The summed E-state index contributed by atoms with van der Waals surface area (Å²) >= 11 is 0. The van der Waals surface area contributed by atoms with E-state index >= 15 is 0 Å². The van der Waals surface area contributed by atoms with E-state index in [1.807, 2.05) is 0 Å². The van der Waals surface area contributed by atoms with E-state index in [0.29, 0.717) is 13.1 Å². The Morgan fingerprint density at radius 1 is 0.893 bits per heavy atom. The molecule has 0 aromatic heterocycles. The maximum absolute atomic E-state index is 13.1. The molecule has 1 atom stereocenters. The van der Waals surface area contributed by atoms with Crippen molar-refractivity contribution in [3.05, 3.63) is 24.3 Å². The molecule has 1 amide bonds. The third kappa shape index (κ3) is 3.96. The fourth-order valence-electron chi connectivity index (χ4n) is 3.74. The minimum Gasteiger partial charge on any atom is -0.353 e. The lowest BCUT2D eigenvalue weighted by Crippen LogP contribution is -2.58. The van der Waals surface area contributed by atoms with E-state index < -0.39 is 26.1 Å². The SMILES string of the molecule is CC(C)C1C(=O)NCCN1S(=O)(=O)c1ccc(S(=O)(=O)N2CCCCC2)cc1. The van der Waals surface area contributed by atoms with Crippen LogP contribution in [0.25, 0.3) is 0 Å². The van der Waals surface area contributed by atoms with Gasteiger partial charge in [0.15, 0.2) is 0 Å². The number of nitrogens with one attached hydrogen (secondary N) is 1. The van der Waals surface area contributed by atoms with Crippen LogP contribution in [0.4, 0.5) is 0 Å². The van der Waals surface area contributed by atoms with Crippen LogP contribution in [-0.4, -0.2) is 63.6 Å². The van der Waals surface area contributed by atoms with Gasteiger partial charge in [0.05, 0.1) is 9.79 Å². The number of piperazine rings is 1. The second kappa shape index (κ2) is 8.10. The van der Waals surface area contributed by atoms with Gasteiger partial charge in [0.1, 0.15) is 6.04 Å². The highest BCUT2D eigenvalue weighted by molar-refractivity contribution is 7.89. The molecular formula is C18H27N3O5S2. The van der Waals surface area contributed by atoms with Crippen molar-refractivity contribution < 1.29 is 21.6 Å². The van der Waals surface area contributed by atoms with Gasteiger partial charge in [-0.25, -0.2) is 16.8 Å². The van der Waals surface area contributed by atoms with Gasteiger partial charge in [0, 0.05) is 26.2 Å². The van der Waals surface area contributed by atoms with E-state index in [-0.39, 0.29) is 34.7 Å². The standard InChI is InChI=1S/C18H27N3O5S2/c1-14(2)17-18(22)19-10-13-21(17)28(25,26)16-8-6-15(7-9-16)27(23,24)20-11-4-3-5-12-20/h6-9,14,17H,3-5,10-13H2,1-2H3,(H,19,22). The number of benzene rings is 1. The molecule has 0 saturated carbocycles. The zero-order valence-electron chi connectivity index (χ0n) is 16.2. The summed E-state index contributed by atoms with van der Waals surface area (Å²) in [7, 11) is -7.53. The third-order valence-electron chi connectivity index (χ3n) is 5.22. The van der Waals surface area contributed by atoms with Crippen molar-refractivity contribution in [2.75, 3.05) is 26.2 Å². The second-order valence-electron chi connectivity index (χ2n) is 7.53. The highest BCUT2D eigenvalue weighted by Gasteiger charge is 2.40. The number of sulfonamides is 2. The predicted octanol–water partition coefficient (Wildman–Crippen LogP) is 1.01. The van der Waals surface area contributed by atoms with Crippen LogP contribution in [0.2, 0.25) is 0 Å². The number of hydrogen-bond acceptors (Lipinski definition) is 5. The Labute approximate surface area is 167 Å². The van der Waals surface area contributed by atoms with Gasteiger partial charge in [-0.1, -0.05) is 20.3 Å². The summed E-state index contributed by atoms with van der Waals surface area (Å²) in [5.74, 6) is -0.497. The Kier molecular flexibility index (Phi) is 6.14. The fraction of sp³-hybridized carbons (Fsp3) is 0.611. The summed E-state index contributed by atoms with van der Waals surface area (Å²) in [6.07, 6.45) is 2.68. The molecule has 0 aliphatic carbocycles. The Balaban J connectivity index is 1.88. The minimum absolute atomic E-state index is 0.00885. The monoisotopic (exact) mass is 429 g/mol. The highest BCUT2D eigenvalue weighted by Crippen LogP contribution is 2.26. The van der Waals surface area contributed by atoms with Crippen LogP contribution in [0.1, 0.15) is 33.1 Å². The fourth-order valence-corrected chi connectivity index (χ4v) is 6.98. The van der Waals surface area contributed by atoms with E-state index in [9.17, 15) is 21.6 Å². The summed E-state index contributed by atoms with van der Waals surface area (Å²) < 4.78 is 54.3. The van der Waals surface area contributed by atoms with Crippen molar-refractivity contribution >= 4 is 26.0 Å². The quantitative estimate of drug-likeness (QED) is 0.752. The lowest BCUT2D eigenvalue weighted by Gasteiger charge is -2.36. The number of amides is 1. The molecule has 1 N–H and O–H groups in total. The molecule has 0 spiro atoms. The highest BCUT2D eigenvalue weighted by atomic mass is 32.2. The zero-order chi connectivity index (χ0) is 20.5. The number of nitrogens with zero attached hydrogens (tertiary/aromatic N) is 2. The smallest absolute Gasteiger partial charge is 0.243 e. The minimum atomic E-state index is -3.91. The van der Waals surface area contributed by atoms with Gasteiger partial charge in [-0.3, -0.25) is 4.79 Å². The molecule has 0 bridgehead atoms. The number of piperidine rings is 1. The molecule has 2 aliphatic rings. The molecule has 2 saturated heterocycles. The van der Waals surface area contributed by atoms with Gasteiger partial charge in [-0.15, -0.1) is 0 Å².